The number of nitrogens with zero attached hydrogens (tertiary/aromatic N) is 1. The fraction of sp³-hybridized carbons (Fsp3) is 0.733. The van der Waals surface area contributed by atoms with Crippen molar-refractivity contribution >= 4 is 10.9 Å². The fourth-order valence-electron chi connectivity index (χ4n) is 9.67. The van der Waals surface area contributed by atoms with Gasteiger partial charge in [-0.15, -0.1) is 0 Å². The topological polar surface area (TPSA) is 45.8 Å². The van der Waals surface area contributed by atoms with Crippen molar-refractivity contribution in [1.82, 2.24) is 9.97 Å². The molecule has 4 aliphatic rings. The Morgan fingerprint density at radius 3 is 2.74 bits per heavy atom. The summed E-state index contributed by atoms with van der Waals surface area (Å²) in [6.07, 6.45) is 17.7. The van der Waals surface area contributed by atoms with Crippen molar-refractivity contribution in [3.63, 3.8) is 0 Å². The van der Waals surface area contributed by atoms with E-state index in [-0.39, 0.29) is 5.56 Å². The second-order valence-corrected chi connectivity index (χ2v) is 12.8. The van der Waals surface area contributed by atoms with Crippen LogP contribution in [-0.4, -0.2) is 9.97 Å². The maximum Gasteiger partial charge on any atom is 0.258 e. The first-order valence-corrected chi connectivity index (χ1v) is 14.1. The van der Waals surface area contributed by atoms with E-state index in [1.165, 1.54) is 82.8 Å². The Labute approximate surface area is 203 Å². The van der Waals surface area contributed by atoms with E-state index in [9.17, 15) is 9.18 Å². The summed E-state index contributed by atoms with van der Waals surface area (Å²) < 4.78 is 13.5. The Morgan fingerprint density at radius 2 is 1.85 bits per heavy atom. The van der Waals surface area contributed by atoms with Crippen LogP contribution in [0.1, 0.15) is 96.7 Å². The van der Waals surface area contributed by atoms with Gasteiger partial charge in [0.1, 0.15) is 11.6 Å². The Hall–Kier alpha value is -1.71. The van der Waals surface area contributed by atoms with Crippen LogP contribution in [-0.2, 0) is 6.42 Å². The minimum Gasteiger partial charge on any atom is -0.310 e. The van der Waals surface area contributed by atoms with Crippen molar-refractivity contribution in [2.45, 2.75) is 97.3 Å². The molecule has 0 aliphatic heterocycles. The van der Waals surface area contributed by atoms with Crippen molar-refractivity contribution in [2.24, 2.45) is 40.4 Å². The highest BCUT2D eigenvalue weighted by Crippen LogP contribution is 2.67. The molecule has 0 spiro atoms. The molecule has 184 valence electrons. The molecule has 1 heterocycles. The van der Waals surface area contributed by atoms with Crippen LogP contribution < -0.4 is 5.56 Å². The van der Waals surface area contributed by atoms with Crippen molar-refractivity contribution < 1.29 is 4.39 Å². The maximum atomic E-state index is 13.5. The van der Waals surface area contributed by atoms with Gasteiger partial charge in [-0.1, -0.05) is 26.7 Å². The first-order chi connectivity index (χ1) is 16.4. The second kappa shape index (κ2) is 8.45. The number of benzene rings is 1. The standard InChI is InChI=1S/C30H41FN2O/c1-29-16-4-3-6-19(29)9-12-22-24-13-10-20(30(24,2)17-15-25(22)29)7-5-8-27-32-26-14-11-21(31)18-23(26)28(34)33-27/h11,14,18-20,22,24-25H,3-10,12-13,15-17H2,1-2H3,(H,32,33,34)/t19?,20-,22?,24?,25?,29?,30?/m0/s1. The minimum atomic E-state index is -0.391. The largest absolute Gasteiger partial charge is 0.310 e. The van der Waals surface area contributed by atoms with Crippen LogP contribution >= 0.6 is 0 Å². The zero-order valence-corrected chi connectivity index (χ0v) is 21.0. The molecule has 6 unspecified atom stereocenters. The van der Waals surface area contributed by atoms with E-state index in [0.29, 0.717) is 21.7 Å². The summed E-state index contributed by atoms with van der Waals surface area (Å²) >= 11 is 0. The van der Waals surface area contributed by atoms with Gasteiger partial charge in [0.2, 0.25) is 0 Å². The normalized spacial score (nSPS) is 39.4. The molecule has 0 bridgehead atoms. The Kier molecular flexibility index (Phi) is 5.65. The molecule has 1 aromatic carbocycles. The zero-order valence-electron chi connectivity index (χ0n) is 21.0. The summed E-state index contributed by atoms with van der Waals surface area (Å²) in [5, 5.41) is 0.341. The molecule has 0 amide bonds. The molecule has 4 aliphatic carbocycles. The highest BCUT2D eigenvalue weighted by molar-refractivity contribution is 5.77. The van der Waals surface area contributed by atoms with Gasteiger partial charge in [0, 0.05) is 6.42 Å². The van der Waals surface area contributed by atoms with Gasteiger partial charge in [0.15, 0.2) is 0 Å². The van der Waals surface area contributed by atoms with Crippen LogP contribution in [0, 0.1) is 46.2 Å². The number of H-pyrrole nitrogens is 1. The summed E-state index contributed by atoms with van der Waals surface area (Å²) in [6, 6.07) is 4.28. The lowest BCUT2D eigenvalue weighted by atomic mass is 9.45. The van der Waals surface area contributed by atoms with E-state index in [1.807, 2.05) is 0 Å². The molecule has 34 heavy (non-hydrogen) atoms. The first-order valence-electron chi connectivity index (χ1n) is 14.1. The third kappa shape index (κ3) is 3.57. The minimum absolute atomic E-state index is 0.225. The lowest BCUT2D eigenvalue weighted by Crippen LogP contribution is -2.52. The highest BCUT2D eigenvalue weighted by Gasteiger charge is 2.59. The molecular weight excluding hydrogens is 423 g/mol. The summed E-state index contributed by atoms with van der Waals surface area (Å²) in [6.45, 7) is 5.31. The van der Waals surface area contributed by atoms with Crippen molar-refractivity contribution in [2.75, 3.05) is 0 Å². The average molecular weight is 465 g/mol. The zero-order chi connectivity index (χ0) is 23.5. The highest BCUT2D eigenvalue weighted by atomic mass is 19.1. The quantitative estimate of drug-likeness (QED) is 0.511. The lowest BCUT2D eigenvalue weighted by Gasteiger charge is -2.60. The van der Waals surface area contributed by atoms with Gasteiger partial charge in [-0.05, 0) is 123 Å². The van der Waals surface area contributed by atoms with Gasteiger partial charge in [0.25, 0.3) is 5.56 Å². The molecule has 7 atom stereocenters. The maximum absolute atomic E-state index is 13.5. The summed E-state index contributed by atoms with van der Waals surface area (Å²) in [4.78, 5) is 19.9. The Balaban J connectivity index is 1.13. The number of aromatic nitrogens is 2. The van der Waals surface area contributed by atoms with E-state index >= 15 is 0 Å². The van der Waals surface area contributed by atoms with Crippen molar-refractivity contribution in [1.29, 1.82) is 0 Å². The number of rotatable bonds is 4. The number of aromatic amines is 1. The molecule has 4 heteroatoms. The summed E-state index contributed by atoms with van der Waals surface area (Å²) in [5.74, 6) is 5.01. The molecule has 0 saturated heterocycles. The molecule has 4 fully saturated rings. The van der Waals surface area contributed by atoms with E-state index < -0.39 is 5.82 Å². The number of aryl methyl sites for hydroxylation is 1. The smallest absolute Gasteiger partial charge is 0.258 e. The SMILES string of the molecule is CC12CCCCC1CCC1C2CCC2(C)C1CC[C@@H]2CCCc1nc2ccc(F)cc2c(=O)[nH]1. The summed E-state index contributed by atoms with van der Waals surface area (Å²) in [5.41, 5.74) is 1.49. The number of hydrogen-bond acceptors (Lipinski definition) is 2. The number of nitrogens with one attached hydrogen (secondary N) is 1. The van der Waals surface area contributed by atoms with E-state index in [2.05, 4.69) is 23.8 Å². The van der Waals surface area contributed by atoms with Crippen molar-refractivity contribution in [3.8, 4) is 0 Å². The Bertz CT molecular complexity index is 1130. The predicted octanol–water partition coefficient (Wildman–Crippen LogP) is 7.43. The molecular formula is C30H41FN2O. The van der Waals surface area contributed by atoms with Crippen LogP contribution in [0.3, 0.4) is 0 Å². The summed E-state index contributed by atoms with van der Waals surface area (Å²) in [7, 11) is 0. The molecule has 1 aromatic heterocycles. The number of halogens is 1. The molecule has 6 rings (SSSR count). The van der Waals surface area contributed by atoms with E-state index in [4.69, 9.17) is 0 Å². The van der Waals surface area contributed by atoms with Crippen LogP contribution in [0.15, 0.2) is 23.0 Å². The van der Waals surface area contributed by atoms with Gasteiger partial charge in [-0.3, -0.25) is 4.79 Å². The molecule has 0 radical (unpaired) electrons. The fourth-order valence-corrected chi connectivity index (χ4v) is 9.67. The van der Waals surface area contributed by atoms with Crippen LogP contribution in [0.25, 0.3) is 10.9 Å². The molecule has 3 nitrogen and oxygen atoms in total. The number of fused-ring (bicyclic) bond motifs is 6. The van der Waals surface area contributed by atoms with Crippen LogP contribution in [0.5, 0.6) is 0 Å². The van der Waals surface area contributed by atoms with Crippen LogP contribution in [0.2, 0.25) is 0 Å². The Morgan fingerprint density at radius 1 is 1.00 bits per heavy atom. The molecule has 4 saturated carbocycles. The third-order valence-corrected chi connectivity index (χ3v) is 11.5. The molecule has 1 N–H and O–H groups in total. The van der Waals surface area contributed by atoms with Gasteiger partial charge >= 0.3 is 0 Å². The second-order valence-electron chi connectivity index (χ2n) is 12.8. The molecule has 2 aromatic rings. The van der Waals surface area contributed by atoms with Crippen molar-refractivity contribution in [3.05, 3.63) is 40.2 Å². The van der Waals surface area contributed by atoms with Gasteiger partial charge in [0.05, 0.1) is 10.9 Å². The van der Waals surface area contributed by atoms with Gasteiger partial charge in [-0.2, -0.15) is 0 Å². The van der Waals surface area contributed by atoms with E-state index in [0.717, 1.165) is 48.3 Å². The van der Waals surface area contributed by atoms with Crippen LogP contribution in [0.4, 0.5) is 4.39 Å². The third-order valence-electron chi connectivity index (χ3n) is 11.5. The monoisotopic (exact) mass is 464 g/mol. The van der Waals surface area contributed by atoms with Gasteiger partial charge < -0.3 is 4.98 Å². The predicted molar refractivity (Wildman–Crippen MR) is 135 cm³/mol. The number of hydrogen-bond donors (Lipinski definition) is 1. The average Bonchev–Trinajstić information content (AvgIpc) is 3.15. The van der Waals surface area contributed by atoms with Gasteiger partial charge in [-0.25, -0.2) is 9.37 Å². The lowest BCUT2D eigenvalue weighted by molar-refractivity contribution is -0.111. The first kappa shape index (κ1) is 22.7. The van der Waals surface area contributed by atoms with E-state index in [1.54, 1.807) is 6.07 Å².